The molecule has 18 heavy (non-hydrogen) atoms. The van der Waals surface area contributed by atoms with Crippen LogP contribution < -0.4 is 5.32 Å². The first-order chi connectivity index (χ1) is 8.86. The van der Waals surface area contributed by atoms with Crippen molar-refractivity contribution in [3.05, 3.63) is 24.3 Å². The Morgan fingerprint density at radius 2 is 2.11 bits per heavy atom. The van der Waals surface area contributed by atoms with Gasteiger partial charge in [0.25, 0.3) is 0 Å². The first-order valence-electron chi connectivity index (χ1n) is 6.65. The highest BCUT2D eigenvalue weighted by Gasteiger charge is 2.25. The van der Waals surface area contributed by atoms with Gasteiger partial charge in [0.2, 0.25) is 0 Å². The zero-order valence-electron chi connectivity index (χ0n) is 10.6. The summed E-state index contributed by atoms with van der Waals surface area (Å²) >= 11 is 1.89. The van der Waals surface area contributed by atoms with Crippen LogP contribution in [0.2, 0.25) is 0 Å². The molecule has 2 aromatic rings. The number of benzene rings is 1. The van der Waals surface area contributed by atoms with Crippen LogP contribution in [0.3, 0.4) is 0 Å². The lowest BCUT2D eigenvalue weighted by molar-refractivity contribution is 0.405. The Labute approximate surface area is 112 Å². The number of aromatic nitrogens is 2. The molecule has 2 N–H and O–H groups in total. The van der Waals surface area contributed by atoms with E-state index in [9.17, 15) is 0 Å². The minimum Gasteiger partial charge on any atom is -0.333 e. The molecule has 3 nitrogen and oxygen atoms in total. The molecule has 1 heterocycles. The second-order valence-electron chi connectivity index (χ2n) is 4.90. The van der Waals surface area contributed by atoms with Crippen LogP contribution in [0.4, 0.5) is 0 Å². The number of imidazole rings is 1. The standard InChI is InChI=1S/C14H19N3S/c1-15-12-8-4-5-9-13(12)18-14-16-10-6-2-3-7-11(10)17-14/h2-3,6-7,12-13,15H,4-5,8-9H2,1H3,(H,16,17). The van der Waals surface area contributed by atoms with Crippen molar-refractivity contribution >= 4 is 22.8 Å². The summed E-state index contributed by atoms with van der Waals surface area (Å²) < 4.78 is 0. The quantitative estimate of drug-likeness (QED) is 0.891. The van der Waals surface area contributed by atoms with Gasteiger partial charge in [-0.05, 0) is 32.0 Å². The van der Waals surface area contributed by atoms with E-state index in [0.717, 1.165) is 16.2 Å². The molecule has 0 saturated heterocycles. The van der Waals surface area contributed by atoms with Crippen LogP contribution in [0.1, 0.15) is 25.7 Å². The molecule has 3 rings (SSSR count). The number of hydrogen-bond acceptors (Lipinski definition) is 3. The fraction of sp³-hybridized carbons (Fsp3) is 0.500. The molecule has 0 aliphatic heterocycles. The summed E-state index contributed by atoms with van der Waals surface area (Å²) in [5.41, 5.74) is 2.20. The number of thioether (sulfide) groups is 1. The van der Waals surface area contributed by atoms with Crippen molar-refractivity contribution in [1.29, 1.82) is 0 Å². The molecular weight excluding hydrogens is 242 g/mol. The van der Waals surface area contributed by atoms with Crippen molar-refractivity contribution < 1.29 is 0 Å². The fourth-order valence-corrected chi connectivity index (χ4v) is 4.02. The fourth-order valence-electron chi connectivity index (χ4n) is 2.70. The number of fused-ring (bicyclic) bond motifs is 1. The number of aromatic amines is 1. The van der Waals surface area contributed by atoms with Gasteiger partial charge in [0.05, 0.1) is 11.0 Å². The second-order valence-corrected chi connectivity index (χ2v) is 6.12. The minimum absolute atomic E-state index is 0.622. The number of H-pyrrole nitrogens is 1. The van der Waals surface area contributed by atoms with Crippen molar-refractivity contribution in [3.63, 3.8) is 0 Å². The van der Waals surface area contributed by atoms with Gasteiger partial charge in [-0.2, -0.15) is 0 Å². The highest BCUT2D eigenvalue weighted by atomic mass is 32.2. The summed E-state index contributed by atoms with van der Waals surface area (Å²) in [4.78, 5) is 8.07. The van der Waals surface area contributed by atoms with Crippen molar-refractivity contribution in [3.8, 4) is 0 Å². The van der Waals surface area contributed by atoms with Gasteiger partial charge >= 0.3 is 0 Å². The van der Waals surface area contributed by atoms with Crippen LogP contribution in [0, 0.1) is 0 Å². The molecule has 2 atom stereocenters. The van der Waals surface area contributed by atoms with E-state index in [1.54, 1.807) is 0 Å². The van der Waals surface area contributed by atoms with Crippen LogP contribution in [0.15, 0.2) is 29.4 Å². The normalized spacial score (nSPS) is 24.5. The molecular formula is C14H19N3S. The van der Waals surface area contributed by atoms with Crippen LogP contribution in [0.25, 0.3) is 11.0 Å². The molecule has 0 spiro atoms. The molecule has 0 amide bonds. The van der Waals surface area contributed by atoms with Gasteiger partial charge < -0.3 is 10.3 Å². The first kappa shape index (κ1) is 12.1. The van der Waals surface area contributed by atoms with Crippen LogP contribution in [-0.4, -0.2) is 28.3 Å². The highest BCUT2D eigenvalue weighted by molar-refractivity contribution is 7.99. The van der Waals surface area contributed by atoms with Gasteiger partial charge in [0.1, 0.15) is 0 Å². The van der Waals surface area contributed by atoms with E-state index in [-0.39, 0.29) is 0 Å². The molecule has 1 aromatic heterocycles. The molecule has 1 fully saturated rings. The Hall–Kier alpha value is -1.00. The summed E-state index contributed by atoms with van der Waals surface area (Å²) in [7, 11) is 2.07. The maximum atomic E-state index is 4.66. The van der Waals surface area contributed by atoms with Crippen LogP contribution >= 0.6 is 11.8 Å². The van der Waals surface area contributed by atoms with Crippen LogP contribution in [-0.2, 0) is 0 Å². The van der Waals surface area contributed by atoms with E-state index >= 15 is 0 Å². The maximum Gasteiger partial charge on any atom is 0.166 e. The summed E-state index contributed by atoms with van der Waals surface area (Å²) in [6, 6.07) is 8.85. The summed E-state index contributed by atoms with van der Waals surface area (Å²) in [5, 5.41) is 5.15. The van der Waals surface area contributed by atoms with Gasteiger partial charge in [0, 0.05) is 11.3 Å². The SMILES string of the molecule is CNC1CCCCC1Sc1nc2ccccc2[nH]1. The predicted octanol–water partition coefficient (Wildman–Crippen LogP) is 3.19. The average molecular weight is 261 g/mol. The number of nitrogens with one attached hydrogen (secondary N) is 2. The maximum absolute atomic E-state index is 4.66. The molecule has 1 aliphatic rings. The van der Waals surface area contributed by atoms with Crippen molar-refractivity contribution in [1.82, 2.24) is 15.3 Å². The largest absolute Gasteiger partial charge is 0.333 e. The topological polar surface area (TPSA) is 40.7 Å². The van der Waals surface area contributed by atoms with Gasteiger partial charge in [0.15, 0.2) is 5.16 Å². The van der Waals surface area contributed by atoms with Crippen molar-refractivity contribution in [2.75, 3.05) is 7.05 Å². The Morgan fingerprint density at radius 3 is 2.94 bits per heavy atom. The Bertz CT molecular complexity index is 489. The zero-order chi connectivity index (χ0) is 12.4. The average Bonchev–Trinajstić information content (AvgIpc) is 2.81. The molecule has 1 aromatic carbocycles. The van der Waals surface area contributed by atoms with E-state index in [1.807, 2.05) is 23.9 Å². The van der Waals surface area contributed by atoms with E-state index < -0.39 is 0 Å². The highest BCUT2D eigenvalue weighted by Crippen LogP contribution is 2.33. The molecule has 4 heteroatoms. The molecule has 0 radical (unpaired) electrons. The smallest absolute Gasteiger partial charge is 0.166 e. The molecule has 0 bridgehead atoms. The monoisotopic (exact) mass is 261 g/mol. The lowest BCUT2D eigenvalue weighted by Crippen LogP contribution is -2.38. The lowest BCUT2D eigenvalue weighted by Gasteiger charge is -2.29. The Morgan fingerprint density at radius 1 is 1.28 bits per heavy atom. The Kier molecular flexibility index (Phi) is 3.57. The third-order valence-corrected chi connectivity index (χ3v) is 4.99. The number of nitrogens with zero attached hydrogens (tertiary/aromatic N) is 1. The number of rotatable bonds is 3. The lowest BCUT2D eigenvalue weighted by atomic mass is 9.95. The van der Waals surface area contributed by atoms with Gasteiger partial charge in [-0.1, -0.05) is 36.7 Å². The number of hydrogen-bond donors (Lipinski definition) is 2. The van der Waals surface area contributed by atoms with E-state index in [0.29, 0.717) is 11.3 Å². The second kappa shape index (κ2) is 5.33. The Balaban J connectivity index is 1.78. The number of para-hydroxylation sites is 2. The first-order valence-corrected chi connectivity index (χ1v) is 7.53. The van der Waals surface area contributed by atoms with Gasteiger partial charge in [-0.25, -0.2) is 4.98 Å². The van der Waals surface area contributed by atoms with Gasteiger partial charge in [-0.3, -0.25) is 0 Å². The molecule has 2 unspecified atom stereocenters. The third kappa shape index (κ3) is 2.40. The minimum atomic E-state index is 0.622. The molecule has 1 aliphatic carbocycles. The van der Waals surface area contributed by atoms with E-state index in [4.69, 9.17) is 0 Å². The summed E-state index contributed by atoms with van der Waals surface area (Å²) in [5.74, 6) is 0. The molecule has 96 valence electrons. The molecule has 1 saturated carbocycles. The van der Waals surface area contributed by atoms with E-state index in [2.05, 4.69) is 34.5 Å². The van der Waals surface area contributed by atoms with E-state index in [1.165, 1.54) is 25.7 Å². The summed E-state index contributed by atoms with van der Waals surface area (Å²) in [6.07, 6.45) is 5.26. The van der Waals surface area contributed by atoms with Crippen molar-refractivity contribution in [2.24, 2.45) is 0 Å². The third-order valence-electron chi connectivity index (χ3n) is 3.70. The predicted molar refractivity (Wildman–Crippen MR) is 77.1 cm³/mol. The summed E-state index contributed by atoms with van der Waals surface area (Å²) in [6.45, 7) is 0. The van der Waals surface area contributed by atoms with Gasteiger partial charge in [-0.15, -0.1) is 0 Å². The van der Waals surface area contributed by atoms with Crippen LogP contribution in [0.5, 0.6) is 0 Å². The zero-order valence-corrected chi connectivity index (χ0v) is 11.5. The van der Waals surface area contributed by atoms with Crippen molar-refractivity contribution in [2.45, 2.75) is 42.1 Å².